The minimum atomic E-state index is -0.00535. The van der Waals surface area contributed by atoms with Gasteiger partial charge in [0.2, 0.25) is 5.91 Å². The predicted molar refractivity (Wildman–Crippen MR) is 88.9 cm³/mol. The van der Waals surface area contributed by atoms with Crippen LogP contribution in [0, 0.1) is 0 Å². The van der Waals surface area contributed by atoms with Crippen LogP contribution >= 0.6 is 0 Å². The fourth-order valence-corrected chi connectivity index (χ4v) is 1.85. The van der Waals surface area contributed by atoms with E-state index in [0.717, 1.165) is 44.1 Å². The molecule has 0 aliphatic carbocycles. The Balaban J connectivity index is 2.55. The van der Waals surface area contributed by atoms with E-state index < -0.39 is 0 Å². The van der Waals surface area contributed by atoms with E-state index in [1.54, 1.807) is 25.3 Å². The summed E-state index contributed by atoms with van der Waals surface area (Å²) in [4.78, 5) is 19.7. The summed E-state index contributed by atoms with van der Waals surface area (Å²) in [5.41, 5.74) is 0. The Hall–Kier alpha value is -1.98. The molecule has 1 N–H and O–H groups in total. The molecule has 0 radical (unpaired) electrons. The number of hydrogen-bond acceptors (Lipinski definition) is 3. The highest BCUT2D eigenvalue weighted by molar-refractivity contribution is 5.84. The van der Waals surface area contributed by atoms with Gasteiger partial charge in [-0.05, 0) is 18.6 Å². The van der Waals surface area contributed by atoms with Gasteiger partial charge in [0, 0.05) is 40.7 Å². The zero-order valence-corrected chi connectivity index (χ0v) is 14.1. The molecule has 1 rings (SSSR count). The molecule has 1 aromatic rings. The number of furan rings is 1. The molecule has 0 aliphatic heterocycles. The summed E-state index contributed by atoms with van der Waals surface area (Å²) < 4.78 is 5.32. The Morgan fingerprint density at radius 1 is 1.36 bits per heavy atom. The van der Waals surface area contributed by atoms with Crippen LogP contribution in [0.15, 0.2) is 27.8 Å². The minimum Gasteiger partial charge on any atom is -0.469 e. The van der Waals surface area contributed by atoms with Crippen LogP contribution in [0.1, 0.15) is 25.5 Å². The highest BCUT2D eigenvalue weighted by atomic mass is 16.3. The molecule has 0 fully saturated rings. The van der Waals surface area contributed by atoms with Gasteiger partial charge in [0.05, 0.1) is 6.26 Å². The van der Waals surface area contributed by atoms with Gasteiger partial charge in [-0.25, -0.2) is 4.99 Å². The summed E-state index contributed by atoms with van der Waals surface area (Å²) in [6.45, 7) is 3.95. The van der Waals surface area contributed by atoms with E-state index in [1.165, 1.54) is 0 Å². The molecule has 0 saturated heterocycles. The number of guanidine groups is 1. The number of carbonyl (C=O) groups excluding carboxylic acids is 1. The molecule has 0 spiro atoms. The van der Waals surface area contributed by atoms with E-state index in [4.69, 9.17) is 4.42 Å². The summed E-state index contributed by atoms with van der Waals surface area (Å²) in [6.07, 6.45) is 4.68. The van der Waals surface area contributed by atoms with Crippen LogP contribution in [-0.2, 0) is 11.2 Å². The molecule has 0 bridgehead atoms. The first-order chi connectivity index (χ1) is 10.5. The normalized spacial score (nSPS) is 11.4. The average molecular weight is 308 g/mol. The van der Waals surface area contributed by atoms with E-state index in [1.807, 2.05) is 19.2 Å². The second-order valence-corrected chi connectivity index (χ2v) is 5.46. The van der Waals surface area contributed by atoms with E-state index in [2.05, 4.69) is 22.1 Å². The van der Waals surface area contributed by atoms with Crippen LogP contribution in [0.2, 0.25) is 0 Å². The first-order valence-electron chi connectivity index (χ1n) is 7.76. The van der Waals surface area contributed by atoms with E-state index in [9.17, 15) is 4.79 Å². The lowest BCUT2D eigenvalue weighted by atomic mass is 10.3. The van der Waals surface area contributed by atoms with Crippen LogP contribution in [0.5, 0.6) is 0 Å². The number of rotatable bonds is 8. The van der Waals surface area contributed by atoms with Crippen LogP contribution in [0.3, 0.4) is 0 Å². The number of hydrogen-bond donors (Lipinski definition) is 1. The molecule has 0 saturated carbocycles. The predicted octanol–water partition coefficient (Wildman–Crippen LogP) is 1.59. The van der Waals surface area contributed by atoms with Gasteiger partial charge in [0.1, 0.15) is 12.3 Å². The highest BCUT2D eigenvalue weighted by Gasteiger charge is 2.08. The van der Waals surface area contributed by atoms with Crippen LogP contribution < -0.4 is 5.32 Å². The SMILES string of the molecule is CCCCN(C)C(=NCC(=O)N(C)C)NCCc1ccco1. The molecule has 6 heteroatoms. The Morgan fingerprint density at radius 3 is 2.73 bits per heavy atom. The first-order valence-corrected chi connectivity index (χ1v) is 7.76. The molecule has 124 valence electrons. The van der Waals surface area contributed by atoms with Crippen molar-refractivity contribution in [3.8, 4) is 0 Å². The van der Waals surface area contributed by atoms with Crippen molar-refractivity contribution in [3.05, 3.63) is 24.2 Å². The summed E-state index contributed by atoms with van der Waals surface area (Å²) in [7, 11) is 5.47. The lowest BCUT2D eigenvalue weighted by molar-refractivity contribution is -0.127. The number of nitrogens with zero attached hydrogens (tertiary/aromatic N) is 3. The van der Waals surface area contributed by atoms with E-state index >= 15 is 0 Å². The summed E-state index contributed by atoms with van der Waals surface area (Å²) in [5, 5.41) is 3.31. The maximum absolute atomic E-state index is 11.7. The lowest BCUT2D eigenvalue weighted by Gasteiger charge is -2.22. The first kappa shape index (κ1) is 18.1. The number of carbonyl (C=O) groups is 1. The van der Waals surface area contributed by atoms with Crippen molar-refractivity contribution in [2.75, 3.05) is 40.8 Å². The van der Waals surface area contributed by atoms with Crippen molar-refractivity contribution in [3.63, 3.8) is 0 Å². The number of aliphatic imine (C=N–C) groups is 1. The average Bonchev–Trinajstić information content (AvgIpc) is 3.00. The molecule has 1 heterocycles. The van der Waals surface area contributed by atoms with Crippen LogP contribution in [0.25, 0.3) is 0 Å². The van der Waals surface area contributed by atoms with Crippen molar-refractivity contribution in [1.29, 1.82) is 0 Å². The molecule has 6 nitrogen and oxygen atoms in total. The number of unbranched alkanes of at least 4 members (excludes halogenated alkanes) is 1. The van der Waals surface area contributed by atoms with Gasteiger partial charge in [0.15, 0.2) is 5.96 Å². The zero-order chi connectivity index (χ0) is 16.4. The molecule has 0 unspecified atom stereocenters. The van der Waals surface area contributed by atoms with Crippen LogP contribution in [-0.4, -0.2) is 62.4 Å². The molecule has 22 heavy (non-hydrogen) atoms. The fourth-order valence-electron chi connectivity index (χ4n) is 1.85. The maximum atomic E-state index is 11.7. The molecule has 0 aliphatic rings. The zero-order valence-electron chi connectivity index (χ0n) is 14.1. The Morgan fingerprint density at radius 2 is 2.14 bits per heavy atom. The van der Waals surface area contributed by atoms with Crippen LogP contribution in [0.4, 0.5) is 0 Å². The number of nitrogens with one attached hydrogen (secondary N) is 1. The largest absolute Gasteiger partial charge is 0.469 e. The molecule has 0 atom stereocenters. The molecule has 0 aromatic carbocycles. The smallest absolute Gasteiger partial charge is 0.243 e. The van der Waals surface area contributed by atoms with Crippen molar-refractivity contribution < 1.29 is 9.21 Å². The van der Waals surface area contributed by atoms with Crippen molar-refractivity contribution in [2.45, 2.75) is 26.2 Å². The maximum Gasteiger partial charge on any atom is 0.243 e. The summed E-state index contributed by atoms with van der Waals surface area (Å²) >= 11 is 0. The van der Waals surface area contributed by atoms with Gasteiger partial charge < -0.3 is 19.5 Å². The lowest BCUT2D eigenvalue weighted by Crippen LogP contribution is -2.41. The number of amides is 1. The second kappa shape index (κ2) is 9.87. The van der Waals surface area contributed by atoms with Gasteiger partial charge in [-0.1, -0.05) is 13.3 Å². The standard InChI is InChI=1S/C16H28N4O2/c1-5-6-11-20(4)16(18-13-15(21)19(2)3)17-10-9-14-8-7-12-22-14/h7-8,12H,5-6,9-11,13H2,1-4H3,(H,17,18). The topological polar surface area (TPSA) is 61.1 Å². The summed E-state index contributed by atoms with van der Waals surface area (Å²) in [5.74, 6) is 1.69. The Labute approximate surface area is 133 Å². The quantitative estimate of drug-likeness (QED) is 0.585. The third-order valence-electron chi connectivity index (χ3n) is 3.31. The van der Waals surface area contributed by atoms with Crippen molar-refractivity contribution in [2.24, 2.45) is 4.99 Å². The fraction of sp³-hybridized carbons (Fsp3) is 0.625. The third kappa shape index (κ3) is 6.65. The minimum absolute atomic E-state index is 0.00535. The highest BCUT2D eigenvalue weighted by Crippen LogP contribution is 2.00. The van der Waals surface area contributed by atoms with Gasteiger partial charge in [0.25, 0.3) is 0 Å². The van der Waals surface area contributed by atoms with Gasteiger partial charge in [-0.15, -0.1) is 0 Å². The summed E-state index contributed by atoms with van der Waals surface area (Å²) in [6, 6.07) is 3.84. The van der Waals surface area contributed by atoms with Gasteiger partial charge in [-0.3, -0.25) is 4.79 Å². The molecule has 1 amide bonds. The monoisotopic (exact) mass is 308 g/mol. The molecule has 1 aromatic heterocycles. The number of likely N-dealkylation sites (N-methyl/N-ethyl adjacent to an activating group) is 1. The molecular weight excluding hydrogens is 280 g/mol. The van der Waals surface area contributed by atoms with Gasteiger partial charge in [-0.2, -0.15) is 0 Å². The third-order valence-corrected chi connectivity index (χ3v) is 3.31. The van der Waals surface area contributed by atoms with Crippen molar-refractivity contribution >= 4 is 11.9 Å². The van der Waals surface area contributed by atoms with Gasteiger partial charge >= 0.3 is 0 Å². The molecular formula is C16H28N4O2. The van der Waals surface area contributed by atoms with E-state index in [0.29, 0.717) is 0 Å². The Kier molecular flexibility index (Phi) is 8.10. The Bertz CT molecular complexity index is 455. The van der Waals surface area contributed by atoms with Crippen molar-refractivity contribution in [1.82, 2.24) is 15.1 Å². The van der Waals surface area contributed by atoms with E-state index in [-0.39, 0.29) is 12.5 Å². The second-order valence-electron chi connectivity index (χ2n) is 5.46.